The van der Waals surface area contributed by atoms with Gasteiger partial charge in [0.25, 0.3) is 5.78 Å². The van der Waals surface area contributed by atoms with Crippen molar-refractivity contribution in [1.82, 2.24) is 5.32 Å². The third-order valence-electron chi connectivity index (χ3n) is 2.63. The van der Waals surface area contributed by atoms with Gasteiger partial charge in [0, 0.05) is 17.8 Å². The van der Waals surface area contributed by atoms with Crippen LogP contribution < -0.4 is 14.8 Å². The average molecular weight is 272 g/mol. The van der Waals surface area contributed by atoms with Gasteiger partial charge in [-0.1, -0.05) is 0 Å². The molecular weight excluding hydrogens is 263 g/mol. The van der Waals surface area contributed by atoms with Crippen LogP contribution in [0.4, 0.5) is 18.9 Å². The summed E-state index contributed by atoms with van der Waals surface area (Å²) >= 11 is 0. The normalized spacial score (nSPS) is 13.4. The van der Waals surface area contributed by atoms with E-state index < -0.39 is 17.5 Å². The number of hydrogen-bond acceptors (Lipinski definition) is 3. The molecule has 7 heteroatoms. The van der Waals surface area contributed by atoms with Gasteiger partial charge in [-0.15, -0.1) is 0 Å². The van der Waals surface area contributed by atoms with Crippen molar-refractivity contribution in [2.75, 3.05) is 14.2 Å². The second-order valence-corrected chi connectivity index (χ2v) is 3.72. The maximum atomic E-state index is 12.4. The van der Waals surface area contributed by atoms with Crippen molar-refractivity contribution in [3.05, 3.63) is 23.9 Å². The van der Waals surface area contributed by atoms with E-state index in [9.17, 15) is 18.0 Å². The molecule has 0 unspecified atom stereocenters. The van der Waals surface area contributed by atoms with Crippen molar-refractivity contribution in [3.63, 3.8) is 0 Å². The number of allylic oxidation sites excluding steroid dienone is 1. The highest BCUT2D eigenvalue weighted by Gasteiger charge is 2.43. The Morgan fingerprint density at radius 3 is 2.26 bits per heavy atom. The summed E-state index contributed by atoms with van der Waals surface area (Å²) in [7, 11) is 2.75. The molecule has 0 saturated heterocycles. The molecule has 0 spiro atoms. The maximum Gasteiger partial charge on any atom is 0.454 e. The highest BCUT2D eigenvalue weighted by molar-refractivity contribution is 6.25. The number of benzene rings is 1. The predicted molar refractivity (Wildman–Crippen MR) is 60.4 cm³/mol. The Hall–Kier alpha value is -2.18. The smallest absolute Gasteiger partial charge is 0.454 e. The number of carbonyl (C=O) groups is 1. The molecule has 2 rings (SSSR count). The highest BCUT2D eigenvalue weighted by Crippen LogP contribution is 2.41. The van der Waals surface area contributed by atoms with Crippen molar-refractivity contribution < 1.29 is 27.4 Å². The SMILES string of the molecule is COc1cc2c(cc1OC)C(C(=O)C(F)(F)F)=C[N]2. The minimum atomic E-state index is -4.93. The first-order valence-electron chi connectivity index (χ1n) is 5.17. The first kappa shape index (κ1) is 13.3. The first-order valence-corrected chi connectivity index (χ1v) is 5.17. The molecule has 0 aliphatic carbocycles. The fraction of sp³-hybridized carbons (Fsp3) is 0.250. The topological polar surface area (TPSA) is 49.6 Å². The van der Waals surface area contributed by atoms with Crippen LogP contribution >= 0.6 is 0 Å². The monoisotopic (exact) mass is 272 g/mol. The lowest BCUT2D eigenvalue weighted by Gasteiger charge is -2.11. The number of nitrogens with zero attached hydrogens (tertiary/aromatic N) is 1. The summed E-state index contributed by atoms with van der Waals surface area (Å²) in [4.78, 5) is 11.3. The molecular formula is C12H9F3NO3. The average Bonchev–Trinajstić information content (AvgIpc) is 2.77. The summed E-state index contributed by atoms with van der Waals surface area (Å²) < 4.78 is 47.3. The van der Waals surface area contributed by atoms with Crippen LogP contribution in [0.5, 0.6) is 11.5 Å². The number of Topliss-reactive ketones (excluding diaryl/α,β-unsaturated/α-hetero) is 1. The summed E-state index contributed by atoms with van der Waals surface area (Å²) in [5.74, 6) is -1.36. The van der Waals surface area contributed by atoms with Crippen LogP contribution in [0, 0.1) is 0 Å². The van der Waals surface area contributed by atoms with Gasteiger partial charge in [-0.25, -0.2) is 0 Å². The molecule has 0 bridgehead atoms. The largest absolute Gasteiger partial charge is 0.493 e. The lowest BCUT2D eigenvalue weighted by Crippen LogP contribution is -2.23. The molecule has 1 heterocycles. The molecule has 1 radical (unpaired) electrons. The van der Waals surface area contributed by atoms with Gasteiger partial charge >= 0.3 is 6.18 Å². The number of ether oxygens (including phenoxy) is 2. The van der Waals surface area contributed by atoms with Crippen LogP contribution in [0.1, 0.15) is 5.56 Å². The van der Waals surface area contributed by atoms with Crippen molar-refractivity contribution >= 4 is 17.0 Å². The van der Waals surface area contributed by atoms with Gasteiger partial charge in [-0.05, 0) is 6.07 Å². The third kappa shape index (κ3) is 2.23. The summed E-state index contributed by atoms with van der Waals surface area (Å²) in [5.41, 5.74) is -0.173. The summed E-state index contributed by atoms with van der Waals surface area (Å²) in [6, 6.07) is 2.72. The predicted octanol–water partition coefficient (Wildman–Crippen LogP) is 2.43. The van der Waals surface area contributed by atoms with Crippen LogP contribution in [0.3, 0.4) is 0 Å². The van der Waals surface area contributed by atoms with Crippen LogP contribution in [0.25, 0.3) is 5.57 Å². The molecule has 0 aromatic heterocycles. The van der Waals surface area contributed by atoms with E-state index in [1.807, 2.05) is 0 Å². The molecule has 0 fully saturated rings. The van der Waals surface area contributed by atoms with Gasteiger partial charge < -0.3 is 9.47 Å². The van der Waals surface area contributed by atoms with Crippen molar-refractivity contribution in [1.29, 1.82) is 0 Å². The van der Waals surface area contributed by atoms with Crippen LogP contribution in [0.15, 0.2) is 18.3 Å². The number of fused-ring (bicyclic) bond motifs is 1. The number of halogens is 3. The molecule has 0 amide bonds. The molecule has 1 aromatic carbocycles. The fourth-order valence-corrected chi connectivity index (χ4v) is 1.73. The Kier molecular flexibility index (Phi) is 3.13. The Bertz CT molecular complexity index is 564. The van der Waals surface area contributed by atoms with E-state index in [0.717, 1.165) is 6.20 Å². The van der Waals surface area contributed by atoms with Crippen LogP contribution in [0.2, 0.25) is 0 Å². The number of ketones is 1. The van der Waals surface area contributed by atoms with E-state index >= 15 is 0 Å². The minimum Gasteiger partial charge on any atom is -0.493 e. The number of methoxy groups -OCH3 is 2. The summed E-state index contributed by atoms with van der Waals surface area (Å²) in [6.45, 7) is 0. The molecule has 1 aliphatic heterocycles. The third-order valence-corrected chi connectivity index (χ3v) is 2.63. The minimum absolute atomic E-state index is 0.0833. The Morgan fingerprint density at radius 2 is 1.74 bits per heavy atom. The van der Waals surface area contributed by atoms with Gasteiger partial charge in [0.15, 0.2) is 11.5 Å². The number of hydrogen-bond donors (Lipinski definition) is 0. The highest BCUT2D eigenvalue weighted by atomic mass is 19.4. The maximum absolute atomic E-state index is 12.4. The molecule has 101 valence electrons. The van der Waals surface area contributed by atoms with Gasteiger partial charge in [0.2, 0.25) is 0 Å². The molecule has 1 aliphatic rings. The Balaban J connectivity index is 2.47. The zero-order valence-corrected chi connectivity index (χ0v) is 10.0. The molecule has 0 N–H and O–H groups in total. The van der Waals surface area contributed by atoms with Crippen LogP contribution in [-0.2, 0) is 4.79 Å². The van der Waals surface area contributed by atoms with Crippen molar-refractivity contribution in [2.24, 2.45) is 0 Å². The Labute approximate surface area is 106 Å². The lowest BCUT2D eigenvalue weighted by molar-refractivity contribution is -0.164. The Morgan fingerprint density at radius 1 is 1.16 bits per heavy atom. The number of carbonyl (C=O) groups excluding carboxylic acids is 1. The van der Waals surface area contributed by atoms with E-state index in [1.165, 1.54) is 26.4 Å². The number of alkyl halides is 3. The van der Waals surface area contributed by atoms with Crippen molar-refractivity contribution in [2.45, 2.75) is 6.18 Å². The second kappa shape index (κ2) is 4.49. The fourth-order valence-electron chi connectivity index (χ4n) is 1.73. The molecule has 1 aromatic rings. The zero-order chi connectivity index (χ0) is 14.2. The standard InChI is InChI=1S/C12H9F3NO3/c1-18-9-3-6-7(11(17)12(13,14)15)5-16-8(6)4-10(9)19-2/h3-5H,1-2H3. The van der Waals surface area contributed by atoms with Gasteiger partial charge in [-0.3, -0.25) is 10.1 Å². The zero-order valence-electron chi connectivity index (χ0n) is 10.0. The number of rotatable bonds is 3. The first-order chi connectivity index (χ1) is 8.88. The molecule has 0 atom stereocenters. The molecule has 19 heavy (non-hydrogen) atoms. The molecule has 0 saturated carbocycles. The van der Waals surface area contributed by atoms with Crippen LogP contribution in [-0.4, -0.2) is 26.2 Å². The summed E-state index contributed by atoms with van der Waals surface area (Å²) in [6.07, 6.45) is -4.03. The summed E-state index contributed by atoms with van der Waals surface area (Å²) in [5, 5.41) is 3.78. The van der Waals surface area contributed by atoms with Gasteiger partial charge in [0.05, 0.1) is 25.5 Å². The van der Waals surface area contributed by atoms with Crippen molar-refractivity contribution in [3.8, 4) is 11.5 Å². The quantitative estimate of drug-likeness (QED) is 0.849. The van der Waals surface area contributed by atoms with E-state index in [0.29, 0.717) is 5.75 Å². The van der Waals surface area contributed by atoms with E-state index in [2.05, 4.69) is 5.32 Å². The second-order valence-electron chi connectivity index (χ2n) is 3.72. The van der Waals surface area contributed by atoms with E-state index in [-0.39, 0.29) is 17.0 Å². The van der Waals surface area contributed by atoms with E-state index in [4.69, 9.17) is 9.47 Å². The van der Waals surface area contributed by atoms with Gasteiger partial charge in [-0.2, -0.15) is 13.2 Å². The lowest BCUT2D eigenvalue weighted by atomic mass is 10.0. The molecule has 4 nitrogen and oxygen atoms in total. The van der Waals surface area contributed by atoms with Gasteiger partial charge in [0.1, 0.15) is 0 Å². The van der Waals surface area contributed by atoms with E-state index in [1.54, 1.807) is 0 Å².